The summed E-state index contributed by atoms with van der Waals surface area (Å²) in [6.45, 7) is 0.170. The number of aromatic amines is 1. The second-order valence-corrected chi connectivity index (χ2v) is 6.43. The number of H-pyrrole nitrogens is 1. The lowest BCUT2D eigenvalue weighted by Crippen LogP contribution is -2.24. The minimum Gasteiger partial charge on any atom is -0.328 e. The summed E-state index contributed by atoms with van der Waals surface area (Å²) in [6, 6.07) is 9.77. The van der Waals surface area contributed by atoms with Crippen LogP contribution in [0.3, 0.4) is 0 Å². The van der Waals surface area contributed by atoms with Crippen molar-refractivity contribution in [1.82, 2.24) is 9.71 Å². The first-order valence-corrected chi connectivity index (χ1v) is 7.68. The third kappa shape index (κ3) is 3.52. The molecule has 5 nitrogen and oxygen atoms in total. The highest BCUT2D eigenvalue weighted by atomic mass is 79.9. The van der Waals surface area contributed by atoms with Gasteiger partial charge < -0.3 is 4.98 Å². The van der Waals surface area contributed by atoms with E-state index in [-0.39, 0.29) is 17.0 Å². The normalized spacial score (nSPS) is 11.4. The van der Waals surface area contributed by atoms with Crippen LogP contribution in [-0.4, -0.2) is 13.4 Å². The summed E-state index contributed by atoms with van der Waals surface area (Å²) >= 11 is 3.35. The van der Waals surface area contributed by atoms with Crippen molar-refractivity contribution in [2.75, 3.05) is 0 Å². The molecule has 0 aliphatic heterocycles. The molecule has 1 aromatic carbocycles. The van der Waals surface area contributed by atoms with Crippen molar-refractivity contribution in [3.8, 4) is 0 Å². The van der Waals surface area contributed by atoms with Crippen molar-refractivity contribution in [3.05, 3.63) is 63.0 Å². The van der Waals surface area contributed by atoms with Crippen molar-refractivity contribution in [2.45, 2.75) is 11.4 Å². The molecule has 19 heavy (non-hydrogen) atoms. The van der Waals surface area contributed by atoms with Crippen molar-refractivity contribution in [1.29, 1.82) is 0 Å². The van der Waals surface area contributed by atoms with Crippen LogP contribution in [-0.2, 0) is 16.6 Å². The van der Waals surface area contributed by atoms with Crippen molar-refractivity contribution >= 4 is 26.0 Å². The number of benzene rings is 1. The second-order valence-electron chi connectivity index (χ2n) is 3.80. The molecule has 7 heteroatoms. The molecule has 0 aliphatic carbocycles. The summed E-state index contributed by atoms with van der Waals surface area (Å²) in [4.78, 5) is 13.3. The van der Waals surface area contributed by atoms with Crippen LogP contribution >= 0.6 is 15.9 Å². The van der Waals surface area contributed by atoms with E-state index in [1.807, 2.05) is 24.3 Å². The average Bonchev–Trinajstić information content (AvgIpc) is 2.38. The number of halogens is 1. The Kier molecular flexibility index (Phi) is 4.18. The molecule has 0 bridgehead atoms. The van der Waals surface area contributed by atoms with E-state index in [9.17, 15) is 13.2 Å². The highest BCUT2D eigenvalue weighted by molar-refractivity contribution is 9.10. The van der Waals surface area contributed by atoms with Crippen LogP contribution in [0.15, 0.2) is 56.8 Å². The van der Waals surface area contributed by atoms with E-state index >= 15 is 0 Å². The number of rotatable bonds is 4. The first-order chi connectivity index (χ1) is 8.99. The quantitative estimate of drug-likeness (QED) is 0.885. The zero-order valence-electron chi connectivity index (χ0n) is 9.76. The summed E-state index contributed by atoms with van der Waals surface area (Å²) in [5.41, 5.74) is 0.486. The lowest BCUT2D eigenvalue weighted by Gasteiger charge is -2.07. The van der Waals surface area contributed by atoms with Crippen molar-refractivity contribution < 1.29 is 8.42 Å². The number of nitrogens with one attached hydrogen (secondary N) is 2. The number of aromatic nitrogens is 1. The first-order valence-electron chi connectivity index (χ1n) is 5.41. The van der Waals surface area contributed by atoms with Gasteiger partial charge >= 0.3 is 0 Å². The zero-order valence-corrected chi connectivity index (χ0v) is 12.2. The molecule has 0 aliphatic rings. The number of pyridine rings is 1. The molecule has 0 spiro atoms. The third-order valence-electron chi connectivity index (χ3n) is 2.48. The summed E-state index contributed by atoms with van der Waals surface area (Å²) < 4.78 is 27.3. The molecule has 2 aromatic rings. The maximum absolute atomic E-state index is 12.0. The first kappa shape index (κ1) is 14.0. The molecule has 2 N–H and O–H groups in total. The smallest absolute Gasteiger partial charge is 0.247 e. The summed E-state index contributed by atoms with van der Waals surface area (Å²) in [5, 5.41) is 0. The van der Waals surface area contributed by atoms with Crippen LogP contribution < -0.4 is 10.3 Å². The van der Waals surface area contributed by atoms with Gasteiger partial charge in [-0.05, 0) is 17.7 Å². The van der Waals surface area contributed by atoms with Gasteiger partial charge in [-0.2, -0.15) is 0 Å². The molecule has 2 rings (SSSR count). The van der Waals surface area contributed by atoms with Gasteiger partial charge in [0.1, 0.15) is 0 Å². The Hall–Kier alpha value is -1.44. The van der Waals surface area contributed by atoms with Gasteiger partial charge in [-0.1, -0.05) is 34.1 Å². The Bertz CT molecular complexity index is 720. The average molecular weight is 343 g/mol. The van der Waals surface area contributed by atoms with Gasteiger partial charge in [-0.15, -0.1) is 0 Å². The van der Waals surface area contributed by atoms with Gasteiger partial charge in [-0.3, -0.25) is 4.79 Å². The summed E-state index contributed by atoms with van der Waals surface area (Å²) in [6.07, 6.45) is 1.17. The van der Waals surface area contributed by atoms with Gasteiger partial charge in [0.15, 0.2) is 0 Å². The molecule has 100 valence electrons. The minimum absolute atomic E-state index is 0.0270. The molecule has 0 saturated carbocycles. The molecular formula is C12H11BrN2O3S. The Labute approximate surface area is 118 Å². The van der Waals surface area contributed by atoms with Gasteiger partial charge in [0.05, 0.1) is 4.90 Å². The van der Waals surface area contributed by atoms with E-state index in [0.29, 0.717) is 0 Å². The fraction of sp³-hybridized carbons (Fsp3) is 0.0833. The van der Waals surface area contributed by atoms with E-state index in [1.165, 1.54) is 18.3 Å². The Morgan fingerprint density at radius 3 is 2.53 bits per heavy atom. The maximum atomic E-state index is 12.0. The van der Waals surface area contributed by atoms with Crippen LogP contribution in [0.1, 0.15) is 5.56 Å². The predicted molar refractivity (Wildman–Crippen MR) is 75.2 cm³/mol. The lowest BCUT2D eigenvalue weighted by molar-refractivity contribution is 0.580. The molecule has 1 heterocycles. The molecule has 0 unspecified atom stereocenters. The van der Waals surface area contributed by atoms with E-state index in [2.05, 4.69) is 25.6 Å². The predicted octanol–water partition coefficient (Wildman–Crippen LogP) is 1.62. The van der Waals surface area contributed by atoms with Gasteiger partial charge in [0.2, 0.25) is 15.6 Å². The van der Waals surface area contributed by atoms with Gasteiger partial charge in [-0.25, -0.2) is 13.1 Å². The molecule has 0 atom stereocenters. The van der Waals surface area contributed by atoms with Gasteiger partial charge in [0.25, 0.3) is 0 Å². The fourth-order valence-corrected chi connectivity index (χ4v) is 2.86. The highest BCUT2D eigenvalue weighted by Gasteiger charge is 2.14. The maximum Gasteiger partial charge on any atom is 0.247 e. The van der Waals surface area contributed by atoms with Crippen LogP contribution in [0.25, 0.3) is 0 Å². The highest BCUT2D eigenvalue weighted by Crippen LogP contribution is 2.16. The van der Waals surface area contributed by atoms with E-state index in [0.717, 1.165) is 10.0 Å². The SMILES string of the molecule is O=c1ccc(S(=O)(=O)NCc2ccccc2Br)c[nH]1. The Morgan fingerprint density at radius 2 is 1.89 bits per heavy atom. The van der Waals surface area contributed by atoms with Crippen LogP contribution in [0, 0.1) is 0 Å². The molecule has 0 amide bonds. The number of hydrogen-bond acceptors (Lipinski definition) is 3. The van der Waals surface area contributed by atoms with Crippen LogP contribution in [0.4, 0.5) is 0 Å². The molecule has 0 saturated heterocycles. The Balaban J connectivity index is 2.17. The minimum atomic E-state index is -3.63. The number of hydrogen-bond donors (Lipinski definition) is 2. The topological polar surface area (TPSA) is 79.0 Å². The van der Waals surface area contributed by atoms with Crippen molar-refractivity contribution in [2.24, 2.45) is 0 Å². The zero-order chi connectivity index (χ0) is 13.9. The summed E-state index contributed by atoms with van der Waals surface area (Å²) in [5.74, 6) is 0. The van der Waals surface area contributed by atoms with Crippen LogP contribution in [0.2, 0.25) is 0 Å². The van der Waals surface area contributed by atoms with E-state index < -0.39 is 10.0 Å². The molecule has 0 fully saturated rings. The Morgan fingerprint density at radius 1 is 1.16 bits per heavy atom. The molecule has 0 radical (unpaired) electrons. The van der Waals surface area contributed by atoms with E-state index in [1.54, 1.807) is 0 Å². The standard InChI is InChI=1S/C12H11BrN2O3S/c13-11-4-2-1-3-9(11)7-15-19(17,18)10-5-6-12(16)14-8-10/h1-6,8,15H,7H2,(H,14,16). The second kappa shape index (κ2) is 5.68. The fourth-order valence-electron chi connectivity index (χ4n) is 1.46. The summed E-state index contributed by atoms with van der Waals surface area (Å²) in [7, 11) is -3.63. The third-order valence-corrected chi connectivity index (χ3v) is 4.65. The lowest BCUT2D eigenvalue weighted by atomic mass is 10.2. The number of sulfonamides is 1. The van der Waals surface area contributed by atoms with E-state index in [4.69, 9.17) is 0 Å². The molecular weight excluding hydrogens is 332 g/mol. The van der Waals surface area contributed by atoms with Crippen LogP contribution in [0.5, 0.6) is 0 Å². The monoisotopic (exact) mass is 342 g/mol. The van der Waals surface area contributed by atoms with Gasteiger partial charge in [0, 0.05) is 23.3 Å². The molecule has 1 aromatic heterocycles. The van der Waals surface area contributed by atoms with Crippen molar-refractivity contribution in [3.63, 3.8) is 0 Å². The largest absolute Gasteiger partial charge is 0.328 e.